The predicted octanol–water partition coefficient (Wildman–Crippen LogP) is 3.87. The van der Waals surface area contributed by atoms with Crippen LogP contribution in [0.5, 0.6) is 0 Å². The number of hydrogen-bond acceptors (Lipinski definition) is 6. The van der Waals surface area contributed by atoms with E-state index in [0.717, 1.165) is 17.3 Å². The summed E-state index contributed by atoms with van der Waals surface area (Å²) in [5.41, 5.74) is 1.54. The fraction of sp³-hybridized carbons (Fsp3) is 0. The first-order valence-corrected chi connectivity index (χ1v) is 8.24. The van der Waals surface area contributed by atoms with Crippen molar-refractivity contribution in [1.82, 2.24) is 0 Å². The summed E-state index contributed by atoms with van der Waals surface area (Å²) in [4.78, 5) is 24.7. The van der Waals surface area contributed by atoms with E-state index in [1.54, 1.807) is 36.4 Å². The Hall–Kier alpha value is -3.02. The number of amides is 1. The quantitative estimate of drug-likeness (QED) is 0.354. The molecule has 0 atom stereocenters. The smallest absolute Gasteiger partial charge is 0.268 e. The summed E-state index contributed by atoms with van der Waals surface area (Å²) in [6, 6.07) is 14.6. The normalized spacial score (nSPS) is 15.5. The van der Waals surface area contributed by atoms with Crippen molar-refractivity contribution in [3.05, 3.63) is 74.7 Å². The fourth-order valence-corrected chi connectivity index (χ4v) is 3.54. The van der Waals surface area contributed by atoms with E-state index >= 15 is 0 Å². The molecule has 1 fully saturated rings. The minimum absolute atomic E-state index is 0.109. The number of hydrogen-bond donors (Lipinski definition) is 0. The van der Waals surface area contributed by atoms with Crippen LogP contribution in [0, 0.1) is 21.4 Å². The van der Waals surface area contributed by atoms with Crippen molar-refractivity contribution in [1.29, 1.82) is 5.26 Å². The van der Waals surface area contributed by atoms with E-state index < -0.39 is 4.92 Å². The molecule has 0 unspecified atom stereocenters. The molecule has 8 heteroatoms. The highest BCUT2D eigenvalue weighted by Gasteiger charge is 2.33. The van der Waals surface area contributed by atoms with E-state index in [0.29, 0.717) is 20.5 Å². The molecule has 1 saturated heterocycles. The van der Waals surface area contributed by atoms with Gasteiger partial charge in [-0.15, -0.1) is 0 Å². The predicted molar refractivity (Wildman–Crippen MR) is 99.9 cm³/mol. The van der Waals surface area contributed by atoms with Gasteiger partial charge in [0.25, 0.3) is 11.6 Å². The number of rotatable bonds is 3. The molecule has 2 aromatic carbocycles. The average molecular weight is 367 g/mol. The maximum atomic E-state index is 12.7. The summed E-state index contributed by atoms with van der Waals surface area (Å²) < 4.78 is 0.311. The van der Waals surface area contributed by atoms with E-state index in [4.69, 9.17) is 17.5 Å². The van der Waals surface area contributed by atoms with Crippen LogP contribution in [-0.4, -0.2) is 15.2 Å². The molecular formula is C17H9N3O3S2. The molecular weight excluding hydrogens is 358 g/mol. The van der Waals surface area contributed by atoms with Gasteiger partial charge < -0.3 is 0 Å². The maximum absolute atomic E-state index is 12.7. The largest absolute Gasteiger partial charge is 0.271 e. The second-order valence-corrected chi connectivity index (χ2v) is 6.70. The van der Waals surface area contributed by atoms with Crippen molar-refractivity contribution < 1.29 is 9.72 Å². The number of carbonyl (C=O) groups is 1. The molecule has 0 spiro atoms. The first kappa shape index (κ1) is 16.8. The summed E-state index contributed by atoms with van der Waals surface area (Å²) in [5, 5.41) is 19.7. The number of nitro benzene ring substituents is 1. The van der Waals surface area contributed by atoms with Crippen molar-refractivity contribution in [2.24, 2.45) is 0 Å². The van der Waals surface area contributed by atoms with Gasteiger partial charge in [0.15, 0.2) is 4.32 Å². The van der Waals surface area contributed by atoms with Crippen LogP contribution in [0.3, 0.4) is 0 Å². The zero-order valence-electron chi connectivity index (χ0n) is 12.6. The SMILES string of the molecule is N#Cc1ccc(/C=C2\SC(=S)N(c3cccc([N+](=O)[O-])c3)C2=O)cc1. The number of thiocarbonyl (C=S) groups is 1. The molecule has 122 valence electrons. The molecule has 1 aliphatic rings. The molecule has 25 heavy (non-hydrogen) atoms. The minimum atomic E-state index is -0.520. The molecule has 2 aromatic rings. The van der Waals surface area contributed by atoms with Crippen LogP contribution in [0.15, 0.2) is 53.4 Å². The maximum Gasteiger partial charge on any atom is 0.271 e. The highest BCUT2D eigenvalue weighted by atomic mass is 32.2. The molecule has 0 radical (unpaired) electrons. The average Bonchev–Trinajstić information content (AvgIpc) is 2.89. The number of benzene rings is 2. The van der Waals surface area contributed by atoms with Crippen LogP contribution in [0.4, 0.5) is 11.4 Å². The van der Waals surface area contributed by atoms with Gasteiger partial charge in [0.05, 0.1) is 27.1 Å². The molecule has 0 bridgehead atoms. The van der Waals surface area contributed by atoms with Crippen molar-refractivity contribution in [2.75, 3.05) is 4.90 Å². The highest BCUT2D eigenvalue weighted by Crippen LogP contribution is 2.36. The van der Waals surface area contributed by atoms with Gasteiger partial charge >= 0.3 is 0 Å². The summed E-state index contributed by atoms with van der Waals surface area (Å²) in [7, 11) is 0. The second kappa shape index (κ2) is 6.84. The van der Waals surface area contributed by atoms with Crippen molar-refractivity contribution in [3.8, 4) is 6.07 Å². The number of nitriles is 1. The van der Waals surface area contributed by atoms with E-state index in [9.17, 15) is 14.9 Å². The van der Waals surface area contributed by atoms with Crippen LogP contribution in [0.1, 0.15) is 11.1 Å². The summed E-state index contributed by atoms with van der Waals surface area (Å²) in [6.45, 7) is 0. The van der Waals surface area contributed by atoms with Crippen LogP contribution in [0.2, 0.25) is 0 Å². The molecule has 0 aromatic heterocycles. The van der Waals surface area contributed by atoms with Crippen molar-refractivity contribution in [2.45, 2.75) is 0 Å². The second-order valence-electron chi connectivity index (χ2n) is 5.03. The molecule has 0 aliphatic carbocycles. The number of non-ortho nitro benzene ring substituents is 1. The third-order valence-electron chi connectivity index (χ3n) is 3.43. The van der Waals surface area contributed by atoms with Crippen LogP contribution in [-0.2, 0) is 4.79 Å². The van der Waals surface area contributed by atoms with Gasteiger partial charge in [-0.3, -0.25) is 19.8 Å². The van der Waals surface area contributed by atoms with E-state index in [-0.39, 0.29) is 11.6 Å². The zero-order valence-corrected chi connectivity index (χ0v) is 14.2. The van der Waals surface area contributed by atoms with E-state index in [2.05, 4.69) is 0 Å². The Morgan fingerprint density at radius 2 is 1.96 bits per heavy atom. The van der Waals surface area contributed by atoms with Gasteiger partial charge in [0, 0.05) is 12.1 Å². The van der Waals surface area contributed by atoms with Gasteiger partial charge in [-0.2, -0.15) is 5.26 Å². The Bertz CT molecular complexity index is 962. The Balaban J connectivity index is 1.92. The van der Waals surface area contributed by atoms with E-state index in [1.165, 1.54) is 23.1 Å². The number of nitrogens with zero attached hydrogens (tertiary/aromatic N) is 3. The molecule has 3 rings (SSSR count). The molecule has 1 amide bonds. The Morgan fingerprint density at radius 3 is 2.60 bits per heavy atom. The Labute approximate surface area is 152 Å². The molecule has 0 N–H and O–H groups in total. The lowest BCUT2D eigenvalue weighted by Gasteiger charge is -2.13. The van der Waals surface area contributed by atoms with Gasteiger partial charge in [-0.25, -0.2) is 0 Å². The van der Waals surface area contributed by atoms with Gasteiger partial charge in [-0.1, -0.05) is 42.2 Å². The van der Waals surface area contributed by atoms with E-state index in [1.807, 2.05) is 6.07 Å². The number of anilines is 1. The van der Waals surface area contributed by atoms with Crippen LogP contribution >= 0.6 is 24.0 Å². The monoisotopic (exact) mass is 367 g/mol. The lowest BCUT2D eigenvalue weighted by Crippen LogP contribution is -2.27. The van der Waals surface area contributed by atoms with Crippen LogP contribution < -0.4 is 4.90 Å². The minimum Gasteiger partial charge on any atom is -0.268 e. The first-order chi connectivity index (χ1) is 12.0. The third-order valence-corrected chi connectivity index (χ3v) is 4.73. The highest BCUT2D eigenvalue weighted by molar-refractivity contribution is 8.27. The lowest BCUT2D eigenvalue weighted by atomic mass is 10.1. The summed E-state index contributed by atoms with van der Waals surface area (Å²) in [5.74, 6) is -0.333. The van der Waals surface area contributed by atoms with Gasteiger partial charge in [0.1, 0.15) is 0 Å². The molecule has 0 saturated carbocycles. The topological polar surface area (TPSA) is 87.2 Å². The number of carbonyl (C=O) groups excluding carboxylic acids is 1. The zero-order chi connectivity index (χ0) is 18.0. The van der Waals surface area contributed by atoms with Crippen molar-refractivity contribution in [3.63, 3.8) is 0 Å². The van der Waals surface area contributed by atoms with Gasteiger partial charge in [-0.05, 0) is 29.8 Å². The number of thioether (sulfide) groups is 1. The Morgan fingerprint density at radius 1 is 1.24 bits per heavy atom. The van der Waals surface area contributed by atoms with Crippen LogP contribution in [0.25, 0.3) is 6.08 Å². The molecule has 6 nitrogen and oxygen atoms in total. The summed E-state index contributed by atoms with van der Waals surface area (Å²) >= 11 is 6.39. The molecule has 1 heterocycles. The lowest BCUT2D eigenvalue weighted by molar-refractivity contribution is -0.384. The fourth-order valence-electron chi connectivity index (χ4n) is 2.24. The summed E-state index contributed by atoms with van der Waals surface area (Å²) in [6.07, 6.45) is 1.68. The standard InChI is InChI=1S/C17H9N3O3S2/c18-10-12-6-4-11(5-7-12)8-15-16(21)19(17(24)25-15)13-2-1-3-14(9-13)20(22)23/h1-9H/b15-8-. The Kier molecular flexibility index (Phi) is 4.61. The third kappa shape index (κ3) is 3.42. The number of nitro groups is 1. The van der Waals surface area contributed by atoms with Crippen molar-refractivity contribution >= 4 is 51.7 Å². The first-order valence-electron chi connectivity index (χ1n) is 7.02. The molecule has 1 aliphatic heterocycles. The van der Waals surface area contributed by atoms with Gasteiger partial charge in [0.2, 0.25) is 0 Å².